The molecular formula is C27H18F3N5O2. The molecule has 0 unspecified atom stereocenters. The maximum atomic E-state index is 12.7. The zero-order valence-corrected chi connectivity index (χ0v) is 19.1. The molecule has 5 aromatic rings. The number of carbonyl (C=O) groups excluding carboxylic acids is 1. The zero-order valence-electron chi connectivity index (χ0n) is 19.1. The zero-order chi connectivity index (χ0) is 26.0. The van der Waals surface area contributed by atoms with E-state index in [0.29, 0.717) is 17.1 Å². The van der Waals surface area contributed by atoms with Crippen LogP contribution in [-0.2, 0) is 11.3 Å². The molecule has 2 heterocycles. The standard InChI is InChI=1S/C27H18F3N5O2/c28-27(29,30)37-20-11-9-19(10-12-20)32-25(36)16-35-15-18(21-5-1-4-8-24(21)35)13-17(14-31)26-33-22-6-2-3-7-23(22)34-26/h1-13,15H,16H2,(H,32,36)(H,33,34)/b17-13+. The minimum atomic E-state index is -4.79. The summed E-state index contributed by atoms with van der Waals surface area (Å²) in [5.74, 6) is -0.314. The van der Waals surface area contributed by atoms with Gasteiger partial charge in [0.1, 0.15) is 24.2 Å². The Morgan fingerprint density at radius 3 is 2.54 bits per heavy atom. The number of halogens is 3. The first-order valence-corrected chi connectivity index (χ1v) is 11.1. The van der Waals surface area contributed by atoms with E-state index in [-0.39, 0.29) is 18.2 Å². The third-order valence-electron chi connectivity index (χ3n) is 5.57. The van der Waals surface area contributed by atoms with Crippen LogP contribution in [0, 0.1) is 11.3 Å². The molecule has 0 saturated heterocycles. The lowest BCUT2D eigenvalue weighted by molar-refractivity contribution is -0.274. The molecule has 7 nitrogen and oxygen atoms in total. The highest BCUT2D eigenvalue weighted by Crippen LogP contribution is 2.27. The van der Waals surface area contributed by atoms with Crippen molar-refractivity contribution in [1.82, 2.24) is 14.5 Å². The number of benzene rings is 3. The number of carbonyl (C=O) groups is 1. The molecule has 2 N–H and O–H groups in total. The van der Waals surface area contributed by atoms with Crippen molar-refractivity contribution in [2.75, 3.05) is 5.32 Å². The SMILES string of the molecule is N#C/C(=C\c1cn(CC(=O)Nc2ccc(OC(F)(F)F)cc2)c2ccccc12)c1nc2ccccc2[nH]1. The molecule has 184 valence electrons. The third-order valence-corrected chi connectivity index (χ3v) is 5.57. The Kier molecular flexibility index (Phi) is 6.11. The fraction of sp³-hybridized carbons (Fsp3) is 0.0741. The number of para-hydroxylation sites is 3. The number of amides is 1. The molecule has 0 aliphatic carbocycles. The number of anilines is 1. The van der Waals surface area contributed by atoms with E-state index in [1.165, 1.54) is 12.1 Å². The predicted molar refractivity (Wildman–Crippen MR) is 133 cm³/mol. The van der Waals surface area contributed by atoms with Crippen LogP contribution in [0.4, 0.5) is 18.9 Å². The van der Waals surface area contributed by atoms with Gasteiger partial charge in [-0.3, -0.25) is 4.79 Å². The highest BCUT2D eigenvalue weighted by Gasteiger charge is 2.31. The van der Waals surface area contributed by atoms with Crippen molar-refractivity contribution in [3.63, 3.8) is 0 Å². The molecule has 10 heteroatoms. The number of nitriles is 1. The molecule has 0 bridgehead atoms. The number of imidazole rings is 1. The molecule has 1 amide bonds. The second-order valence-corrected chi connectivity index (χ2v) is 8.12. The van der Waals surface area contributed by atoms with Gasteiger partial charge in [-0.2, -0.15) is 5.26 Å². The highest BCUT2D eigenvalue weighted by molar-refractivity contribution is 5.99. The van der Waals surface area contributed by atoms with E-state index < -0.39 is 6.36 Å². The summed E-state index contributed by atoms with van der Waals surface area (Å²) >= 11 is 0. The maximum absolute atomic E-state index is 12.7. The fourth-order valence-corrected chi connectivity index (χ4v) is 4.01. The van der Waals surface area contributed by atoms with Gasteiger partial charge in [0.25, 0.3) is 0 Å². The molecule has 0 radical (unpaired) electrons. The number of fused-ring (bicyclic) bond motifs is 2. The van der Waals surface area contributed by atoms with Crippen LogP contribution in [0.25, 0.3) is 33.6 Å². The summed E-state index contributed by atoms with van der Waals surface area (Å²) in [4.78, 5) is 20.4. The van der Waals surface area contributed by atoms with Crippen molar-refractivity contribution in [2.24, 2.45) is 0 Å². The van der Waals surface area contributed by atoms with E-state index in [1.54, 1.807) is 16.8 Å². The Balaban J connectivity index is 1.39. The molecule has 0 atom stereocenters. The van der Waals surface area contributed by atoms with E-state index in [2.05, 4.69) is 26.1 Å². The van der Waals surface area contributed by atoms with Crippen molar-refractivity contribution in [3.8, 4) is 11.8 Å². The van der Waals surface area contributed by atoms with Gasteiger partial charge >= 0.3 is 6.36 Å². The van der Waals surface area contributed by atoms with E-state index in [4.69, 9.17) is 0 Å². The minimum absolute atomic E-state index is 0.0539. The van der Waals surface area contributed by atoms with Gasteiger partial charge in [-0.1, -0.05) is 30.3 Å². The van der Waals surface area contributed by atoms with Gasteiger partial charge in [0.05, 0.1) is 16.6 Å². The lowest BCUT2D eigenvalue weighted by Crippen LogP contribution is -2.18. The molecule has 0 fully saturated rings. The highest BCUT2D eigenvalue weighted by atomic mass is 19.4. The third kappa shape index (κ3) is 5.31. The number of nitrogens with one attached hydrogen (secondary N) is 2. The van der Waals surface area contributed by atoms with Crippen LogP contribution in [0.3, 0.4) is 0 Å². The molecule has 0 spiro atoms. The van der Waals surface area contributed by atoms with Gasteiger partial charge in [0.15, 0.2) is 0 Å². The first-order valence-electron chi connectivity index (χ1n) is 11.1. The van der Waals surface area contributed by atoms with Crippen molar-refractivity contribution in [2.45, 2.75) is 12.9 Å². The van der Waals surface area contributed by atoms with Crippen LogP contribution < -0.4 is 10.1 Å². The number of aromatic nitrogens is 3. The van der Waals surface area contributed by atoms with Crippen LogP contribution in [0.2, 0.25) is 0 Å². The van der Waals surface area contributed by atoms with Crippen LogP contribution >= 0.6 is 0 Å². The number of H-pyrrole nitrogens is 1. The van der Waals surface area contributed by atoms with E-state index in [9.17, 15) is 23.2 Å². The van der Waals surface area contributed by atoms with Crippen LogP contribution in [0.1, 0.15) is 11.4 Å². The van der Waals surface area contributed by atoms with Crippen molar-refractivity contribution in [1.29, 1.82) is 5.26 Å². The molecule has 0 saturated carbocycles. The topological polar surface area (TPSA) is 95.7 Å². The largest absolute Gasteiger partial charge is 0.573 e. The first kappa shape index (κ1) is 23.7. The van der Waals surface area contributed by atoms with Gasteiger partial charge < -0.3 is 19.6 Å². The number of nitrogens with zero attached hydrogens (tertiary/aromatic N) is 3. The normalized spacial score (nSPS) is 12.0. The first-order chi connectivity index (χ1) is 17.8. The molecule has 2 aromatic heterocycles. The Labute approximate surface area is 208 Å². The summed E-state index contributed by atoms with van der Waals surface area (Å²) in [6, 6.07) is 22.0. The number of hydrogen-bond acceptors (Lipinski definition) is 4. The number of allylic oxidation sites excluding steroid dienone is 1. The summed E-state index contributed by atoms with van der Waals surface area (Å²) in [6.07, 6.45) is -1.31. The second-order valence-electron chi connectivity index (χ2n) is 8.12. The lowest BCUT2D eigenvalue weighted by atomic mass is 10.1. The van der Waals surface area contributed by atoms with Gasteiger partial charge in [-0.05, 0) is 48.5 Å². The minimum Gasteiger partial charge on any atom is -0.406 e. The van der Waals surface area contributed by atoms with Crippen LogP contribution in [-0.4, -0.2) is 26.8 Å². The van der Waals surface area contributed by atoms with Gasteiger partial charge in [-0.15, -0.1) is 13.2 Å². The number of hydrogen-bond donors (Lipinski definition) is 2. The predicted octanol–water partition coefficient (Wildman–Crippen LogP) is 6.12. The van der Waals surface area contributed by atoms with Gasteiger partial charge in [0.2, 0.25) is 5.91 Å². The number of ether oxygens (including phenoxy) is 1. The van der Waals surface area contributed by atoms with Crippen LogP contribution in [0.15, 0.2) is 79.0 Å². The molecule has 0 aliphatic heterocycles. The smallest absolute Gasteiger partial charge is 0.406 e. The Bertz CT molecular complexity index is 1640. The summed E-state index contributed by atoms with van der Waals surface area (Å²) in [6.45, 7) is -0.0539. The van der Waals surface area contributed by atoms with E-state index in [0.717, 1.165) is 39.6 Å². The number of rotatable bonds is 6. The Morgan fingerprint density at radius 1 is 1.08 bits per heavy atom. The number of alkyl halides is 3. The van der Waals surface area contributed by atoms with Crippen molar-refractivity contribution in [3.05, 3.63) is 90.4 Å². The Hall–Kier alpha value is -5.04. The summed E-state index contributed by atoms with van der Waals surface area (Å²) in [5.41, 5.74) is 3.73. The quantitative estimate of drug-likeness (QED) is 0.274. The molecule has 3 aromatic carbocycles. The second kappa shape index (κ2) is 9.54. The van der Waals surface area contributed by atoms with Crippen molar-refractivity contribution < 1.29 is 22.7 Å². The average Bonchev–Trinajstić information content (AvgIpc) is 3.44. The number of aromatic amines is 1. The van der Waals surface area contributed by atoms with Crippen molar-refractivity contribution >= 4 is 45.2 Å². The molecule has 37 heavy (non-hydrogen) atoms. The Morgan fingerprint density at radius 2 is 1.81 bits per heavy atom. The monoisotopic (exact) mass is 501 g/mol. The van der Waals surface area contributed by atoms with Gasteiger partial charge in [0, 0.05) is 28.4 Å². The molecule has 0 aliphatic rings. The van der Waals surface area contributed by atoms with Crippen LogP contribution in [0.5, 0.6) is 5.75 Å². The lowest BCUT2D eigenvalue weighted by Gasteiger charge is -2.10. The fourth-order valence-electron chi connectivity index (χ4n) is 4.01. The van der Waals surface area contributed by atoms with E-state index in [1.807, 2.05) is 48.5 Å². The van der Waals surface area contributed by atoms with E-state index >= 15 is 0 Å². The summed E-state index contributed by atoms with van der Waals surface area (Å²) in [5, 5.41) is 13.3. The molecular weight excluding hydrogens is 483 g/mol. The summed E-state index contributed by atoms with van der Waals surface area (Å²) < 4.78 is 42.6. The molecule has 5 rings (SSSR count). The van der Waals surface area contributed by atoms with Gasteiger partial charge in [-0.25, -0.2) is 4.98 Å². The average molecular weight is 501 g/mol. The maximum Gasteiger partial charge on any atom is 0.573 e. The summed E-state index contributed by atoms with van der Waals surface area (Å²) in [7, 11) is 0.